The Morgan fingerprint density at radius 1 is 1.20 bits per heavy atom. The molecule has 0 aliphatic carbocycles. The molecule has 0 saturated heterocycles. The Kier molecular flexibility index (Phi) is 7.98. The summed E-state index contributed by atoms with van der Waals surface area (Å²) in [5.41, 5.74) is 1.79. The van der Waals surface area contributed by atoms with Crippen molar-refractivity contribution in [1.82, 2.24) is 10.3 Å². The lowest BCUT2D eigenvalue weighted by Crippen LogP contribution is -2.42. The number of methoxy groups -OCH3 is 1. The number of nitrogens with zero attached hydrogens (tertiary/aromatic N) is 1. The van der Waals surface area contributed by atoms with E-state index in [0.717, 1.165) is 11.1 Å². The van der Waals surface area contributed by atoms with Crippen LogP contribution in [0.15, 0.2) is 54.7 Å². The first-order valence-corrected chi connectivity index (χ1v) is 9.67. The molecular formula is C23H28N2O5. The molecule has 1 heterocycles. The summed E-state index contributed by atoms with van der Waals surface area (Å²) in [6.45, 7) is 9.25. The summed E-state index contributed by atoms with van der Waals surface area (Å²) < 4.78 is 10.6. The summed E-state index contributed by atoms with van der Waals surface area (Å²) in [6, 6.07) is 10.4. The maximum Gasteiger partial charge on any atom is 0.328 e. The number of esters is 1. The number of ether oxygens (including phenoxy) is 2. The fourth-order valence-corrected chi connectivity index (χ4v) is 3.07. The van der Waals surface area contributed by atoms with Gasteiger partial charge in [-0.15, -0.1) is 0 Å². The van der Waals surface area contributed by atoms with Gasteiger partial charge in [0.05, 0.1) is 7.11 Å². The fraction of sp³-hybridized carbons (Fsp3) is 0.348. The van der Waals surface area contributed by atoms with Gasteiger partial charge in [-0.05, 0) is 32.8 Å². The molecule has 2 rings (SSSR count). The van der Waals surface area contributed by atoms with Gasteiger partial charge in [0.2, 0.25) is 0 Å². The Balaban J connectivity index is 2.01. The lowest BCUT2D eigenvalue weighted by Gasteiger charge is -2.26. The Hall–Kier alpha value is -3.35. The van der Waals surface area contributed by atoms with Crippen LogP contribution in [-0.2, 0) is 16.0 Å². The minimum Gasteiger partial charge on any atom is -0.503 e. The molecule has 7 nitrogen and oxygen atoms in total. The van der Waals surface area contributed by atoms with E-state index in [4.69, 9.17) is 9.47 Å². The average Bonchev–Trinajstić information content (AvgIpc) is 2.72. The summed E-state index contributed by atoms with van der Waals surface area (Å²) in [4.78, 5) is 28.8. The third-order valence-electron chi connectivity index (χ3n) is 4.82. The van der Waals surface area contributed by atoms with Crippen molar-refractivity contribution >= 4 is 11.9 Å². The van der Waals surface area contributed by atoms with E-state index in [1.807, 2.05) is 44.2 Å². The molecule has 1 amide bonds. The van der Waals surface area contributed by atoms with Crippen molar-refractivity contribution in [3.63, 3.8) is 0 Å². The second-order valence-corrected chi connectivity index (χ2v) is 7.19. The van der Waals surface area contributed by atoms with Crippen molar-refractivity contribution in [2.24, 2.45) is 5.92 Å². The second kappa shape index (κ2) is 10.4. The van der Waals surface area contributed by atoms with Crippen LogP contribution in [0.4, 0.5) is 0 Å². The molecule has 7 heteroatoms. The molecule has 0 bridgehead atoms. The zero-order valence-electron chi connectivity index (χ0n) is 17.7. The van der Waals surface area contributed by atoms with Gasteiger partial charge in [0, 0.05) is 18.2 Å². The van der Waals surface area contributed by atoms with Crippen molar-refractivity contribution < 1.29 is 24.2 Å². The van der Waals surface area contributed by atoms with Gasteiger partial charge in [0.25, 0.3) is 5.91 Å². The van der Waals surface area contributed by atoms with Crippen LogP contribution >= 0.6 is 0 Å². The second-order valence-electron chi connectivity index (χ2n) is 7.19. The SMILES string of the molecule is C=C(C)[C@@H](Cc1ccccc1)[C@H](C)OC(=O)[C@H](C)NC(=O)c1nccc(OC)c1O. The molecule has 30 heavy (non-hydrogen) atoms. The topological polar surface area (TPSA) is 97.8 Å². The molecule has 0 aliphatic heterocycles. The van der Waals surface area contributed by atoms with Crippen molar-refractivity contribution in [1.29, 1.82) is 0 Å². The number of aromatic nitrogens is 1. The van der Waals surface area contributed by atoms with Gasteiger partial charge in [-0.1, -0.05) is 42.5 Å². The minimum atomic E-state index is -0.935. The smallest absolute Gasteiger partial charge is 0.328 e. The summed E-state index contributed by atoms with van der Waals surface area (Å²) in [5.74, 6) is -1.63. The molecule has 160 valence electrons. The number of rotatable bonds is 9. The van der Waals surface area contributed by atoms with Gasteiger partial charge in [0.1, 0.15) is 12.1 Å². The summed E-state index contributed by atoms with van der Waals surface area (Å²) in [6.07, 6.45) is 1.59. The largest absolute Gasteiger partial charge is 0.503 e. The van der Waals surface area contributed by atoms with Crippen LogP contribution in [-0.4, -0.2) is 41.2 Å². The number of benzene rings is 1. The highest BCUT2D eigenvalue weighted by atomic mass is 16.5. The Bertz CT molecular complexity index is 898. The average molecular weight is 412 g/mol. The first-order valence-electron chi connectivity index (χ1n) is 9.67. The predicted molar refractivity (Wildman–Crippen MR) is 113 cm³/mol. The van der Waals surface area contributed by atoms with Crippen molar-refractivity contribution in [3.05, 3.63) is 66.0 Å². The fourth-order valence-electron chi connectivity index (χ4n) is 3.07. The molecule has 0 saturated carbocycles. The third kappa shape index (κ3) is 5.83. The maximum absolute atomic E-state index is 12.5. The number of hydrogen-bond acceptors (Lipinski definition) is 6. The minimum absolute atomic E-state index is 0.0663. The standard InChI is InChI=1S/C23H28N2O5/c1-14(2)18(13-17-9-7-6-8-10-17)16(4)30-23(28)15(3)25-22(27)20-21(26)19(29-5)11-12-24-20/h6-12,15-16,18,26H,1,13H2,2-5H3,(H,25,27)/t15-,16-,18+/m0/s1. The Morgan fingerprint density at radius 3 is 2.47 bits per heavy atom. The molecule has 1 aromatic carbocycles. The molecule has 0 radical (unpaired) electrons. The van der Waals surface area contributed by atoms with Gasteiger partial charge in [-0.3, -0.25) is 4.79 Å². The van der Waals surface area contributed by atoms with Crippen LogP contribution in [0.3, 0.4) is 0 Å². The molecule has 0 unspecified atom stereocenters. The first kappa shape index (κ1) is 22.9. The van der Waals surface area contributed by atoms with Gasteiger partial charge in [0.15, 0.2) is 17.2 Å². The zero-order valence-corrected chi connectivity index (χ0v) is 17.7. The van der Waals surface area contributed by atoms with Crippen LogP contribution < -0.4 is 10.1 Å². The van der Waals surface area contributed by atoms with Gasteiger partial charge in [-0.25, -0.2) is 9.78 Å². The lowest BCUT2D eigenvalue weighted by atomic mass is 9.89. The molecule has 1 aromatic heterocycles. The monoisotopic (exact) mass is 412 g/mol. The highest BCUT2D eigenvalue weighted by Gasteiger charge is 2.27. The number of carbonyl (C=O) groups is 2. The van der Waals surface area contributed by atoms with E-state index < -0.39 is 29.8 Å². The van der Waals surface area contributed by atoms with E-state index in [9.17, 15) is 14.7 Å². The third-order valence-corrected chi connectivity index (χ3v) is 4.82. The van der Waals surface area contributed by atoms with E-state index in [2.05, 4.69) is 16.9 Å². The molecule has 0 spiro atoms. The number of hydrogen-bond donors (Lipinski definition) is 2. The molecule has 0 aliphatic rings. The van der Waals surface area contributed by atoms with Crippen molar-refractivity contribution in [2.45, 2.75) is 39.3 Å². The molecule has 0 fully saturated rings. The molecule has 3 atom stereocenters. The first-order chi connectivity index (χ1) is 14.2. The molecule has 2 N–H and O–H groups in total. The predicted octanol–water partition coefficient (Wildman–Crippen LogP) is 3.28. The van der Waals surface area contributed by atoms with Crippen LogP contribution in [0.2, 0.25) is 0 Å². The quantitative estimate of drug-likeness (QED) is 0.485. The summed E-state index contributed by atoms with van der Waals surface area (Å²) in [7, 11) is 1.37. The van der Waals surface area contributed by atoms with E-state index in [1.165, 1.54) is 26.3 Å². The Labute approximate surface area is 176 Å². The van der Waals surface area contributed by atoms with Gasteiger partial charge < -0.3 is 19.9 Å². The van der Waals surface area contributed by atoms with Crippen molar-refractivity contribution in [2.75, 3.05) is 7.11 Å². The van der Waals surface area contributed by atoms with E-state index >= 15 is 0 Å². The number of aromatic hydroxyl groups is 1. The van der Waals surface area contributed by atoms with Crippen LogP contribution in [0.1, 0.15) is 36.8 Å². The van der Waals surface area contributed by atoms with E-state index in [1.54, 1.807) is 0 Å². The number of nitrogens with one attached hydrogen (secondary N) is 1. The lowest BCUT2D eigenvalue weighted by molar-refractivity contribution is -0.152. The number of carbonyl (C=O) groups excluding carboxylic acids is 2. The van der Waals surface area contributed by atoms with Gasteiger partial charge in [-0.2, -0.15) is 0 Å². The van der Waals surface area contributed by atoms with Crippen LogP contribution in [0.5, 0.6) is 11.5 Å². The molecular weight excluding hydrogens is 384 g/mol. The van der Waals surface area contributed by atoms with Crippen LogP contribution in [0, 0.1) is 5.92 Å². The van der Waals surface area contributed by atoms with Crippen LogP contribution in [0.25, 0.3) is 0 Å². The molecule has 2 aromatic rings. The van der Waals surface area contributed by atoms with Crippen molar-refractivity contribution in [3.8, 4) is 11.5 Å². The normalized spacial score (nSPS) is 13.6. The maximum atomic E-state index is 12.5. The van der Waals surface area contributed by atoms with E-state index in [-0.39, 0.29) is 17.4 Å². The van der Waals surface area contributed by atoms with E-state index in [0.29, 0.717) is 6.42 Å². The highest BCUT2D eigenvalue weighted by molar-refractivity contribution is 5.97. The zero-order chi connectivity index (χ0) is 22.3. The highest BCUT2D eigenvalue weighted by Crippen LogP contribution is 2.27. The summed E-state index contributed by atoms with van der Waals surface area (Å²) >= 11 is 0. The number of pyridine rings is 1. The summed E-state index contributed by atoms with van der Waals surface area (Å²) in [5, 5.41) is 12.6. The number of amides is 1. The Morgan fingerprint density at radius 2 is 1.87 bits per heavy atom. The van der Waals surface area contributed by atoms with Gasteiger partial charge >= 0.3 is 5.97 Å².